The van der Waals surface area contributed by atoms with Gasteiger partial charge < -0.3 is 4.79 Å². The van der Waals surface area contributed by atoms with Crippen LogP contribution in [0.4, 0.5) is 0 Å². The Morgan fingerprint density at radius 2 is 2.60 bits per heavy atom. The van der Waals surface area contributed by atoms with Gasteiger partial charge in [0.25, 0.3) is 0 Å². The van der Waals surface area contributed by atoms with E-state index in [0.717, 1.165) is 12.0 Å². The minimum Gasteiger partial charge on any atom is -0.300 e. The van der Waals surface area contributed by atoms with Crippen LogP contribution in [-0.4, -0.2) is 16.0 Å². The molecule has 1 rings (SSSR count). The minimum atomic E-state index is 0.223. The highest BCUT2D eigenvalue weighted by Crippen LogP contribution is 1.98. The molecular formula is C7H10N2O. The van der Waals surface area contributed by atoms with Gasteiger partial charge in [0.2, 0.25) is 0 Å². The molecule has 0 amide bonds. The molecule has 0 aliphatic carbocycles. The predicted molar refractivity (Wildman–Crippen MR) is 37.6 cm³/mol. The number of Topliss-reactive ketones (excluding diaryl/α,β-unsaturated/α-hetero) is 1. The number of carbonyl (C=O) groups excluding carboxylic acids is 1. The van der Waals surface area contributed by atoms with E-state index in [1.54, 1.807) is 13.1 Å². The normalized spacial score (nSPS) is 9.70. The molecule has 1 aromatic rings. The largest absolute Gasteiger partial charge is 0.300 e. The number of nitrogens with one attached hydrogen (secondary N) is 1. The Labute approximate surface area is 59.4 Å². The van der Waals surface area contributed by atoms with Crippen molar-refractivity contribution in [2.75, 3.05) is 0 Å². The molecule has 1 N–H and O–H groups in total. The van der Waals surface area contributed by atoms with Gasteiger partial charge in [-0.1, -0.05) is 0 Å². The van der Waals surface area contributed by atoms with E-state index in [2.05, 4.69) is 10.2 Å². The lowest BCUT2D eigenvalue weighted by molar-refractivity contribution is -0.116. The number of hydrogen-bond acceptors (Lipinski definition) is 2. The lowest BCUT2D eigenvalue weighted by Crippen LogP contribution is -1.91. The minimum absolute atomic E-state index is 0.223. The van der Waals surface area contributed by atoms with Gasteiger partial charge in [0, 0.05) is 12.6 Å². The van der Waals surface area contributed by atoms with Crippen LogP contribution in [-0.2, 0) is 11.2 Å². The van der Waals surface area contributed by atoms with E-state index < -0.39 is 0 Å². The van der Waals surface area contributed by atoms with E-state index in [9.17, 15) is 4.79 Å². The number of carbonyl (C=O) groups is 1. The third kappa shape index (κ3) is 2.01. The lowest BCUT2D eigenvalue weighted by Gasteiger charge is -1.89. The first-order chi connectivity index (χ1) is 4.79. The summed E-state index contributed by atoms with van der Waals surface area (Å²) in [5.74, 6) is 0.223. The Balaban J connectivity index is 2.35. The van der Waals surface area contributed by atoms with Crippen molar-refractivity contribution < 1.29 is 4.79 Å². The molecule has 54 valence electrons. The van der Waals surface area contributed by atoms with Gasteiger partial charge in [0.05, 0.1) is 6.20 Å². The number of ketones is 1. The number of hydrogen-bond donors (Lipinski definition) is 1. The van der Waals surface area contributed by atoms with Crippen molar-refractivity contribution in [1.82, 2.24) is 10.2 Å². The molecule has 3 heteroatoms. The van der Waals surface area contributed by atoms with Gasteiger partial charge >= 0.3 is 0 Å². The second kappa shape index (κ2) is 3.15. The molecule has 0 aliphatic rings. The summed E-state index contributed by atoms with van der Waals surface area (Å²) in [6.07, 6.45) is 4.96. The Morgan fingerprint density at radius 1 is 1.80 bits per heavy atom. The summed E-state index contributed by atoms with van der Waals surface area (Å²) in [6.45, 7) is 1.60. The zero-order valence-electron chi connectivity index (χ0n) is 5.92. The lowest BCUT2D eigenvalue weighted by atomic mass is 10.1. The summed E-state index contributed by atoms with van der Waals surface area (Å²) in [4.78, 5) is 10.5. The number of aromatic amines is 1. The molecule has 1 heterocycles. The Bertz CT molecular complexity index is 203. The third-order valence-corrected chi connectivity index (χ3v) is 1.32. The van der Waals surface area contributed by atoms with Crippen LogP contribution in [0.5, 0.6) is 0 Å². The fourth-order valence-corrected chi connectivity index (χ4v) is 0.735. The fourth-order valence-electron chi connectivity index (χ4n) is 0.735. The highest BCUT2D eigenvalue weighted by atomic mass is 16.1. The molecule has 0 atom stereocenters. The zero-order chi connectivity index (χ0) is 7.40. The summed E-state index contributed by atoms with van der Waals surface area (Å²) in [5, 5.41) is 6.46. The summed E-state index contributed by atoms with van der Waals surface area (Å²) in [6, 6.07) is 0. The van der Waals surface area contributed by atoms with Crippen LogP contribution in [0.2, 0.25) is 0 Å². The van der Waals surface area contributed by atoms with E-state index in [1.165, 1.54) is 0 Å². The number of aromatic nitrogens is 2. The number of aryl methyl sites for hydroxylation is 1. The zero-order valence-corrected chi connectivity index (χ0v) is 5.92. The van der Waals surface area contributed by atoms with Crippen LogP contribution in [0.1, 0.15) is 18.9 Å². The van der Waals surface area contributed by atoms with Gasteiger partial charge in [-0.05, 0) is 18.9 Å². The third-order valence-electron chi connectivity index (χ3n) is 1.32. The highest BCUT2D eigenvalue weighted by Gasteiger charge is 1.95. The van der Waals surface area contributed by atoms with Crippen LogP contribution < -0.4 is 0 Å². The molecule has 1 aromatic heterocycles. The Morgan fingerprint density at radius 3 is 3.10 bits per heavy atom. The number of rotatable bonds is 3. The average Bonchev–Trinajstić information content (AvgIpc) is 2.34. The topological polar surface area (TPSA) is 45.8 Å². The van der Waals surface area contributed by atoms with Gasteiger partial charge in [0.15, 0.2) is 0 Å². The molecular weight excluding hydrogens is 128 g/mol. The predicted octanol–water partition coefficient (Wildman–Crippen LogP) is 0.931. The molecule has 0 saturated heterocycles. The molecule has 0 fully saturated rings. The molecule has 0 radical (unpaired) electrons. The quantitative estimate of drug-likeness (QED) is 0.675. The van der Waals surface area contributed by atoms with E-state index in [0.29, 0.717) is 6.42 Å². The molecule has 10 heavy (non-hydrogen) atoms. The molecule has 0 bridgehead atoms. The summed E-state index contributed by atoms with van der Waals surface area (Å²) in [7, 11) is 0. The first-order valence-corrected chi connectivity index (χ1v) is 3.26. The van der Waals surface area contributed by atoms with E-state index in [1.807, 2.05) is 6.20 Å². The van der Waals surface area contributed by atoms with Crippen LogP contribution >= 0.6 is 0 Å². The van der Waals surface area contributed by atoms with Crippen LogP contribution in [0, 0.1) is 0 Å². The SMILES string of the molecule is CC(=O)CCc1cn[nH]c1. The van der Waals surface area contributed by atoms with Crippen molar-refractivity contribution >= 4 is 5.78 Å². The Kier molecular flexibility index (Phi) is 2.20. The van der Waals surface area contributed by atoms with Gasteiger partial charge in [-0.25, -0.2) is 0 Å². The highest BCUT2D eigenvalue weighted by molar-refractivity contribution is 5.75. The smallest absolute Gasteiger partial charge is 0.130 e. The maximum Gasteiger partial charge on any atom is 0.130 e. The van der Waals surface area contributed by atoms with Crippen molar-refractivity contribution in [3.63, 3.8) is 0 Å². The molecule has 0 aliphatic heterocycles. The van der Waals surface area contributed by atoms with E-state index in [-0.39, 0.29) is 5.78 Å². The first kappa shape index (κ1) is 6.99. The standard InChI is InChI=1S/C7H10N2O/c1-6(10)2-3-7-4-8-9-5-7/h4-5H,2-3H2,1H3,(H,8,9). The Hall–Kier alpha value is -1.12. The van der Waals surface area contributed by atoms with Crippen molar-refractivity contribution in [2.45, 2.75) is 19.8 Å². The second-order valence-corrected chi connectivity index (χ2v) is 2.31. The van der Waals surface area contributed by atoms with Gasteiger partial charge in [-0.15, -0.1) is 0 Å². The van der Waals surface area contributed by atoms with Crippen LogP contribution in [0.25, 0.3) is 0 Å². The molecule has 0 spiro atoms. The molecule has 0 unspecified atom stereocenters. The van der Waals surface area contributed by atoms with Crippen molar-refractivity contribution in [2.24, 2.45) is 0 Å². The molecule has 0 aromatic carbocycles. The maximum absolute atomic E-state index is 10.5. The van der Waals surface area contributed by atoms with Crippen molar-refractivity contribution in [3.8, 4) is 0 Å². The van der Waals surface area contributed by atoms with Gasteiger partial charge in [-0.3, -0.25) is 5.10 Å². The van der Waals surface area contributed by atoms with Gasteiger partial charge in [0.1, 0.15) is 5.78 Å². The number of H-pyrrole nitrogens is 1. The summed E-state index contributed by atoms with van der Waals surface area (Å²) in [5.41, 5.74) is 1.09. The van der Waals surface area contributed by atoms with E-state index in [4.69, 9.17) is 0 Å². The molecule has 3 nitrogen and oxygen atoms in total. The van der Waals surface area contributed by atoms with Gasteiger partial charge in [-0.2, -0.15) is 5.10 Å². The molecule has 0 saturated carbocycles. The monoisotopic (exact) mass is 138 g/mol. The van der Waals surface area contributed by atoms with Crippen molar-refractivity contribution in [1.29, 1.82) is 0 Å². The maximum atomic E-state index is 10.5. The fraction of sp³-hybridized carbons (Fsp3) is 0.429. The van der Waals surface area contributed by atoms with Crippen LogP contribution in [0.3, 0.4) is 0 Å². The second-order valence-electron chi connectivity index (χ2n) is 2.31. The van der Waals surface area contributed by atoms with Crippen LogP contribution in [0.15, 0.2) is 12.4 Å². The number of nitrogens with zero attached hydrogens (tertiary/aromatic N) is 1. The van der Waals surface area contributed by atoms with E-state index >= 15 is 0 Å². The average molecular weight is 138 g/mol. The van der Waals surface area contributed by atoms with Crippen molar-refractivity contribution in [3.05, 3.63) is 18.0 Å². The first-order valence-electron chi connectivity index (χ1n) is 3.26. The summed E-state index contributed by atoms with van der Waals surface area (Å²) >= 11 is 0. The summed E-state index contributed by atoms with van der Waals surface area (Å²) < 4.78 is 0.